The lowest BCUT2D eigenvalue weighted by atomic mass is 10.5. The number of aromatic hydroxyl groups is 1. The van der Waals surface area contributed by atoms with Gasteiger partial charge in [-0.2, -0.15) is 0 Å². The summed E-state index contributed by atoms with van der Waals surface area (Å²) in [6.07, 6.45) is 2.89. The monoisotopic (exact) mass is 94.0 g/mol. The Morgan fingerprint density at radius 1 is 1.71 bits per heavy atom. The van der Waals surface area contributed by atoms with Gasteiger partial charge in [0.1, 0.15) is 5.75 Å². The number of hydrogen-bond donors (Lipinski definition) is 1. The van der Waals surface area contributed by atoms with Gasteiger partial charge in [0.15, 0.2) is 0 Å². The highest BCUT2D eigenvalue weighted by molar-refractivity contribution is 5.10. The molecule has 2 heteroatoms. The van der Waals surface area contributed by atoms with Gasteiger partial charge >= 0.3 is 0 Å². The molecule has 0 saturated heterocycles. The fourth-order valence-corrected chi connectivity index (χ4v) is 0.317. The Kier molecular flexibility index (Phi) is 0.941. The van der Waals surface area contributed by atoms with E-state index < -0.39 is 0 Å². The maximum Gasteiger partial charge on any atom is 0.141 e. The van der Waals surface area contributed by atoms with Crippen LogP contribution in [0.15, 0.2) is 18.5 Å². The molecular weight excluding hydrogens is 90.1 g/mol. The van der Waals surface area contributed by atoms with E-state index in [-0.39, 0.29) is 5.75 Å². The standard InChI is InChI=1S/C5H4NO/c7-5-2-1-3-6-4-5/h1,3-4,7H. The highest BCUT2D eigenvalue weighted by atomic mass is 16.3. The highest BCUT2D eigenvalue weighted by Crippen LogP contribution is 1.98. The van der Waals surface area contributed by atoms with Gasteiger partial charge < -0.3 is 5.11 Å². The Morgan fingerprint density at radius 2 is 2.57 bits per heavy atom. The maximum atomic E-state index is 8.51. The molecule has 0 fully saturated rings. The lowest BCUT2D eigenvalue weighted by Gasteiger charge is -1.80. The van der Waals surface area contributed by atoms with Crippen LogP contribution < -0.4 is 0 Å². The molecule has 1 aromatic heterocycles. The topological polar surface area (TPSA) is 33.1 Å². The lowest BCUT2D eigenvalue weighted by Crippen LogP contribution is -1.65. The van der Waals surface area contributed by atoms with E-state index in [4.69, 9.17) is 5.11 Å². The van der Waals surface area contributed by atoms with Gasteiger partial charge in [-0.1, -0.05) is 0 Å². The van der Waals surface area contributed by atoms with E-state index in [1.165, 1.54) is 6.20 Å². The smallest absolute Gasteiger partial charge is 0.141 e. The van der Waals surface area contributed by atoms with Gasteiger partial charge in [-0.15, -0.1) is 0 Å². The maximum absolute atomic E-state index is 8.51. The summed E-state index contributed by atoms with van der Waals surface area (Å²) in [4.78, 5) is 3.60. The molecule has 2 nitrogen and oxygen atoms in total. The number of aromatic nitrogens is 1. The number of pyridine rings is 1. The van der Waals surface area contributed by atoms with E-state index in [1.54, 1.807) is 12.3 Å². The van der Waals surface area contributed by atoms with Crippen LogP contribution in [0.3, 0.4) is 0 Å². The Hall–Kier alpha value is -1.05. The van der Waals surface area contributed by atoms with Crippen molar-refractivity contribution in [2.75, 3.05) is 0 Å². The average Bonchev–Trinajstić information content (AvgIpc) is 1.69. The summed E-state index contributed by atoms with van der Waals surface area (Å²) in [5, 5.41) is 8.51. The van der Waals surface area contributed by atoms with Crippen molar-refractivity contribution in [3.05, 3.63) is 24.5 Å². The molecule has 0 spiro atoms. The Bertz CT molecular complexity index is 138. The first-order valence-electron chi connectivity index (χ1n) is 1.90. The van der Waals surface area contributed by atoms with Crippen molar-refractivity contribution >= 4 is 0 Å². The van der Waals surface area contributed by atoms with Gasteiger partial charge in [0.2, 0.25) is 0 Å². The summed E-state index contributed by atoms with van der Waals surface area (Å²) in [5.74, 6) is 0.0856. The van der Waals surface area contributed by atoms with Crippen molar-refractivity contribution in [3.63, 3.8) is 0 Å². The normalized spacial score (nSPS) is 8.57. The molecule has 1 N–H and O–H groups in total. The van der Waals surface area contributed by atoms with Crippen LogP contribution >= 0.6 is 0 Å². The Labute approximate surface area is 41.4 Å². The van der Waals surface area contributed by atoms with Gasteiger partial charge in [-0.3, -0.25) is 4.98 Å². The quantitative estimate of drug-likeness (QED) is 0.510. The van der Waals surface area contributed by atoms with E-state index in [2.05, 4.69) is 11.1 Å². The highest BCUT2D eigenvalue weighted by Gasteiger charge is 1.77. The summed E-state index contributed by atoms with van der Waals surface area (Å²) in [5.41, 5.74) is 0. The first-order chi connectivity index (χ1) is 3.39. The van der Waals surface area contributed by atoms with Crippen LogP contribution in [0.5, 0.6) is 5.75 Å². The van der Waals surface area contributed by atoms with Crippen LogP contribution in [0.4, 0.5) is 0 Å². The molecule has 1 rings (SSSR count). The Morgan fingerprint density at radius 3 is 2.86 bits per heavy atom. The molecule has 0 unspecified atom stereocenters. The minimum absolute atomic E-state index is 0.0856. The van der Waals surface area contributed by atoms with Crippen molar-refractivity contribution < 1.29 is 5.11 Å². The van der Waals surface area contributed by atoms with Gasteiger partial charge in [-0.25, -0.2) is 0 Å². The molecule has 0 aliphatic rings. The fourth-order valence-electron chi connectivity index (χ4n) is 0.317. The van der Waals surface area contributed by atoms with Crippen molar-refractivity contribution in [1.29, 1.82) is 0 Å². The van der Waals surface area contributed by atoms with E-state index in [1.807, 2.05) is 0 Å². The van der Waals surface area contributed by atoms with Gasteiger partial charge in [0, 0.05) is 12.3 Å². The molecule has 1 radical (unpaired) electrons. The minimum Gasteiger partial charge on any atom is -0.506 e. The molecule has 0 aliphatic carbocycles. The van der Waals surface area contributed by atoms with Crippen LogP contribution in [0.25, 0.3) is 0 Å². The molecule has 0 aliphatic heterocycles. The molecule has 35 valence electrons. The van der Waals surface area contributed by atoms with E-state index in [0.29, 0.717) is 0 Å². The molecule has 1 heterocycles. The molecule has 0 bridgehead atoms. The van der Waals surface area contributed by atoms with Crippen molar-refractivity contribution in [2.45, 2.75) is 0 Å². The SMILES string of the molecule is Oc1[c]ccnc1. The van der Waals surface area contributed by atoms with E-state index in [0.717, 1.165) is 0 Å². The lowest BCUT2D eigenvalue weighted by molar-refractivity contribution is 0.471. The van der Waals surface area contributed by atoms with E-state index >= 15 is 0 Å². The summed E-state index contributed by atoms with van der Waals surface area (Å²) in [7, 11) is 0. The largest absolute Gasteiger partial charge is 0.506 e. The third-order valence-electron chi connectivity index (χ3n) is 0.589. The van der Waals surface area contributed by atoms with Crippen molar-refractivity contribution in [2.24, 2.45) is 0 Å². The molecule has 0 atom stereocenters. The Balaban J connectivity index is 3.02. The third kappa shape index (κ3) is 0.892. The van der Waals surface area contributed by atoms with Crippen molar-refractivity contribution in [3.8, 4) is 5.75 Å². The van der Waals surface area contributed by atoms with Gasteiger partial charge in [0.05, 0.1) is 6.20 Å². The van der Waals surface area contributed by atoms with Crippen LogP contribution in [0.1, 0.15) is 0 Å². The molecule has 0 aromatic carbocycles. The second kappa shape index (κ2) is 1.60. The van der Waals surface area contributed by atoms with E-state index in [9.17, 15) is 0 Å². The average molecular weight is 94.1 g/mol. The second-order valence-corrected chi connectivity index (χ2v) is 1.12. The first-order valence-corrected chi connectivity index (χ1v) is 1.90. The molecule has 0 amide bonds. The molecular formula is C5H4NO. The number of nitrogens with zero attached hydrogens (tertiary/aromatic N) is 1. The first kappa shape index (κ1) is 4.12. The zero-order chi connectivity index (χ0) is 5.11. The van der Waals surface area contributed by atoms with Gasteiger partial charge in [0.25, 0.3) is 0 Å². The minimum atomic E-state index is 0.0856. The summed E-state index contributed by atoms with van der Waals surface area (Å²) >= 11 is 0. The van der Waals surface area contributed by atoms with Crippen LogP contribution in [-0.2, 0) is 0 Å². The van der Waals surface area contributed by atoms with Crippen LogP contribution in [0, 0.1) is 6.07 Å². The summed E-state index contributed by atoms with van der Waals surface area (Å²) in [6, 6.07) is 4.08. The summed E-state index contributed by atoms with van der Waals surface area (Å²) < 4.78 is 0. The zero-order valence-electron chi connectivity index (χ0n) is 3.63. The third-order valence-corrected chi connectivity index (χ3v) is 0.589. The molecule has 7 heavy (non-hydrogen) atoms. The number of hydrogen-bond acceptors (Lipinski definition) is 2. The second-order valence-electron chi connectivity index (χ2n) is 1.12. The molecule has 0 saturated carbocycles. The fraction of sp³-hybridized carbons (Fsp3) is 0. The number of rotatable bonds is 0. The summed E-state index contributed by atoms with van der Waals surface area (Å²) in [6.45, 7) is 0. The van der Waals surface area contributed by atoms with Crippen molar-refractivity contribution in [1.82, 2.24) is 4.98 Å². The van der Waals surface area contributed by atoms with Crippen LogP contribution in [0.2, 0.25) is 0 Å². The predicted molar refractivity (Wildman–Crippen MR) is 24.7 cm³/mol. The predicted octanol–water partition coefficient (Wildman–Crippen LogP) is 0.587. The van der Waals surface area contributed by atoms with Gasteiger partial charge in [-0.05, 0) is 6.07 Å². The zero-order valence-corrected chi connectivity index (χ0v) is 3.63. The molecule has 1 aromatic rings. The van der Waals surface area contributed by atoms with Crippen LogP contribution in [-0.4, -0.2) is 10.1 Å².